The molecule has 1 aromatic heterocycles. The second-order valence-corrected chi connectivity index (χ2v) is 2.00. The van der Waals surface area contributed by atoms with Crippen LogP contribution in [0.3, 0.4) is 0 Å². The van der Waals surface area contributed by atoms with Gasteiger partial charge in [-0.3, -0.25) is 4.94 Å². The average Bonchev–Trinajstić information content (AvgIpc) is 2.04. The Bertz CT molecular complexity index is 198. The van der Waals surface area contributed by atoms with E-state index in [1.165, 1.54) is 18.3 Å². The highest BCUT2D eigenvalue weighted by Crippen LogP contribution is 2.26. The van der Waals surface area contributed by atoms with Crippen molar-refractivity contribution in [2.75, 3.05) is 0 Å². The molecule has 1 rings (SSSR count). The van der Waals surface area contributed by atoms with Gasteiger partial charge >= 0.3 is 0 Å². The Labute approximate surface area is 60.4 Å². The Balaban J connectivity index is 2.96. The molecule has 54 valence electrons. The molecule has 0 atom stereocenters. The van der Waals surface area contributed by atoms with Crippen LogP contribution in [0, 0.1) is 0 Å². The molecule has 10 heavy (non-hydrogen) atoms. The molecule has 2 nitrogen and oxygen atoms in total. The lowest BCUT2D eigenvalue weighted by Crippen LogP contribution is -1.82. The van der Waals surface area contributed by atoms with Crippen molar-refractivity contribution in [3.05, 3.63) is 18.3 Å². The molecule has 0 fully saturated rings. The van der Waals surface area contributed by atoms with E-state index in [2.05, 4.69) is 9.93 Å². The number of hydrogen-bond acceptors (Lipinski definition) is 3. The smallest absolute Gasteiger partial charge is 0.206 e. The summed E-state index contributed by atoms with van der Waals surface area (Å²) in [5, 5.41) is -0.106. The van der Waals surface area contributed by atoms with Gasteiger partial charge in [-0.2, -0.15) is 3.89 Å². The lowest BCUT2D eigenvalue weighted by molar-refractivity contribution is -0.0105. The highest BCUT2D eigenvalue weighted by molar-refractivity contribution is 7.94. The third-order valence-electron chi connectivity index (χ3n) is 0.892. The molecule has 0 amide bonds. The maximum Gasteiger partial charge on any atom is 0.206 e. The van der Waals surface area contributed by atoms with Crippen LogP contribution in [0.15, 0.2) is 23.4 Å². The van der Waals surface area contributed by atoms with Gasteiger partial charge in [-0.05, 0) is 12.1 Å². The van der Waals surface area contributed by atoms with Crippen LogP contribution in [0.5, 0.6) is 5.75 Å². The minimum Gasteiger partial charge on any atom is -0.291 e. The first-order valence-electron chi connectivity index (χ1n) is 2.40. The minimum atomic E-state index is -0.199. The normalized spacial score (nSPS) is 9.40. The van der Waals surface area contributed by atoms with Crippen molar-refractivity contribution in [2.45, 2.75) is 5.03 Å². The van der Waals surface area contributed by atoms with Crippen molar-refractivity contribution in [1.29, 1.82) is 0 Å². The van der Waals surface area contributed by atoms with Gasteiger partial charge in [-0.15, -0.1) is 0 Å². The first-order chi connectivity index (χ1) is 4.88. The van der Waals surface area contributed by atoms with Gasteiger partial charge in [-0.25, -0.2) is 4.98 Å². The van der Waals surface area contributed by atoms with Crippen LogP contribution in [0.25, 0.3) is 0 Å². The molecular formula is C5H3F2NOS. The maximum atomic E-state index is 11.8. The molecule has 0 spiro atoms. The topological polar surface area (TPSA) is 22.1 Å². The summed E-state index contributed by atoms with van der Waals surface area (Å²) in [5.74, 6) is -0.199. The van der Waals surface area contributed by atoms with Gasteiger partial charge in [0.15, 0.2) is 5.03 Å². The monoisotopic (exact) mass is 163 g/mol. The zero-order chi connectivity index (χ0) is 7.40. The Morgan fingerprint density at radius 2 is 2.40 bits per heavy atom. The molecule has 1 aromatic rings. The number of hydrogen-bond donors (Lipinski definition) is 0. The fraction of sp³-hybridized carbons (Fsp3) is 0. The van der Waals surface area contributed by atoms with Crippen molar-refractivity contribution in [3.63, 3.8) is 0 Å². The Hall–Kier alpha value is -0.840. The van der Waals surface area contributed by atoms with Crippen LogP contribution >= 0.6 is 12.1 Å². The molecule has 0 unspecified atom stereocenters. The second-order valence-electron chi connectivity index (χ2n) is 1.46. The first kappa shape index (κ1) is 7.27. The van der Waals surface area contributed by atoms with Gasteiger partial charge in [0.05, 0.1) is 0 Å². The van der Waals surface area contributed by atoms with E-state index in [1.807, 2.05) is 0 Å². The Kier molecular flexibility index (Phi) is 2.44. The zero-order valence-electron chi connectivity index (χ0n) is 4.75. The largest absolute Gasteiger partial charge is 0.291 e. The van der Waals surface area contributed by atoms with Crippen LogP contribution in [0.1, 0.15) is 0 Å². The number of rotatable bonds is 2. The van der Waals surface area contributed by atoms with E-state index < -0.39 is 0 Å². The summed E-state index contributed by atoms with van der Waals surface area (Å²) in [6.45, 7) is 0. The van der Waals surface area contributed by atoms with E-state index >= 15 is 0 Å². The second kappa shape index (κ2) is 3.36. The van der Waals surface area contributed by atoms with Crippen molar-refractivity contribution >= 4 is 12.1 Å². The third-order valence-corrected chi connectivity index (χ3v) is 1.35. The van der Waals surface area contributed by atoms with Gasteiger partial charge in [0.25, 0.3) is 0 Å². The predicted molar refractivity (Wildman–Crippen MR) is 32.9 cm³/mol. The van der Waals surface area contributed by atoms with Crippen molar-refractivity contribution in [3.8, 4) is 5.75 Å². The van der Waals surface area contributed by atoms with Gasteiger partial charge in [0.2, 0.25) is 5.75 Å². The summed E-state index contributed by atoms with van der Waals surface area (Å²) in [7, 11) is 0. The lowest BCUT2D eigenvalue weighted by Gasteiger charge is -1.95. The van der Waals surface area contributed by atoms with Crippen LogP contribution < -0.4 is 4.94 Å². The highest BCUT2D eigenvalue weighted by Gasteiger charge is 2.04. The molecule has 1 heterocycles. The maximum absolute atomic E-state index is 11.8. The summed E-state index contributed by atoms with van der Waals surface area (Å²) in [6.07, 6.45) is 1.35. The summed E-state index contributed by atoms with van der Waals surface area (Å²) in [4.78, 5) is 6.80. The third kappa shape index (κ3) is 1.36. The van der Waals surface area contributed by atoms with E-state index in [0.29, 0.717) is 0 Å². The fourth-order valence-electron chi connectivity index (χ4n) is 0.493. The zero-order valence-corrected chi connectivity index (χ0v) is 5.57. The van der Waals surface area contributed by atoms with Crippen molar-refractivity contribution in [2.24, 2.45) is 0 Å². The molecule has 5 heteroatoms. The summed E-state index contributed by atoms with van der Waals surface area (Å²) >= 11 is -0.156. The molecule has 0 saturated heterocycles. The molecule has 0 aromatic carbocycles. The molecule has 0 aliphatic heterocycles. The van der Waals surface area contributed by atoms with E-state index in [1.54, 1.807) is 0 Å². The standard InChI is InChI=1S/C5H3F2NOS/c6-9-4-2-1-3-8-5(4)10-7/h1-3H. The van der Waals surface area contributed by atoms with Crippen molar-refractivity contribution < 1.29 is 13.4 Å². The Morgan fingerprint density at radius 1 is 1.60 bits per heavy atom. The lowest BCUT2D eigenvalue weighted by atomic mass is 10.5. The van der Waals surface area contributed by atoms with Gasteiger partial charge in [0.1, 0.15) is 12.1 Å². The van der Waals surface area contributed by atoms with Crippen LogP contribution in [0.2, 0.25) is 0 Å². The molecule has 0 aliphatic rings. The molecule has 0 radical (unpaired) electrons. The van der Waals surface area contributed by atoms with E-state index in [-0.39, 0.29) is 22.9 Å². The van der Waals surface area contributed by atoms with Gasteiger partial charge < -0.3 is 0 Å². The Morgan fingerprint density at radius 3 is 2.90 bits per heavy atom. The molecule has 0 N–H and O–H groups in total. The van der Waals surface area contributed by atoms with E-state index in [9.17, 15) is 8.41 Å². The number of nitrogens with zero attached hydrogens (tertiary/aromatic N) is 1. The SMILES string of the molecule is FOc1cccnc1SF. The fourth-order valence-corrected chi connectivity index (χ4v) is 0.769. The highest BCUT2D eigenvalue weighted by atomic mass is 32.2. The molecule has 0 aliphatic carbocycles. The van der Waals surface area contributed by atoms with Gasteiger partial charge in [0, 0.05) is 10.7 Å². The predicted octanol–water partition coefficient (Wildman–Crippen LogP) is 2.32. The summed E-state index contributed by atoms with van der Waals surface area (Å²) < 4.78 is 23.2. The summed E-state index contributed by atoms with van der Waals surface area (Å²) in [6, 6.07) is 2.74. The van der Waals surface area contributed by atoms with Crippen molar-refractivity contribution in [1.82, 2.24) is 4.98 Å². The minimum absolute atomic E-state index is 0.106. The number of aromatic nitrogens is 1. The average molecular weight is 163 g/mol. The van der Waals surface area contributed by atoms with E-state index in [0.717, 1.165) is 0 Å². The van der Waals surface area contributed by atoms with Crippen LogP contribution in [0.4, 0.5) is 8.41 Å². The molecule has 0 saturated carbocycles. The number of halogens is 2. The quantitative estimate of drug-likeness (QED) is 0.667. The summed E-state index contributed by atoms with van der Waals surface area (Å²) in [5.41, 5.74) is 0. The molecule has 0 bridgehead atoms. The van der Waals surface area contributed by atoms with Crippen LogP contribution in [-0.2, 0) is 0 Å². The van der Waals surface area contributed by atoms with E-state index in [4.69, 9.17) is 0 Å². The van der Waals surface area contributed by atoms with Crippen LogP contribution in [-0.4, -0.2) is 4.98 Å². The van der Waals surface area contributed by atoms with Gasteiger partial charge in [-0.1, -0.05) is 0 Å². The molecular weight excluding hydrogens is 160 g/mol. The first-order valence-corrected chi connectivity index (χ1v) is 3.12. The number of pyridine rings is 1.